The van der Waals surface area contributed by atoms with Gasteiger partial charge >= 0.3 is 6.18 Å². The van der Waals surface area contributed by atoms with Gasteiger partial charge in [-0.2, -0.15) is 13.2 Å². The zero-order chi connectivity index (χ0) is 14.8. The van der Waals surface area contributed by atoms with Crippen LogP contribution in [0, 0.1) is 6.92 Å². The third-order valence-electron chi connectivity index (χ3n) is 2.50. The van der Waals surface area contributed by atoms with E-state index in [4.69, 9.17) is 0 Å². The Morgan fingerprint density at radius 3 is 2.45 bits per heavy atom. The smallest absolute Gasteiger partial charge is 0.373 e. The molecule has 0 aliphatic carbocycles. The second-order valence-electron chi connectivity index (χ2n) is 4.11. The molecule has 2 aromatic rings. The molecule has 108 valence electrons. The molecule has 8 heteroatoms. The molecule has 0 aliphatic rings. The van der Waals surface area contributed by atoms with Gasteiger partial charge in [0.15, 0.2) is 0 Å². The summed E-state index contributed by atoms with van der Waals surface area (Å²) in [5, 5.41) is 8.16. The van der Waals surface area contributed by atoms with Crippen molar-refractivity contribution < 1.29 is 13.2 Å². The van der Waals surface area contributed by atoms with Crippen molar-refractivity contribution in [3.63, 3.8) is 0 Å². The van der Waals surface area contributed by atoms with Crippen LogP contribution in [-0.4, -0.2) is 17.0 Å². The fourth-order valence-electron chi connectivity index (χ4n) is 1.56. The number of halogens is 3. The third-order valence-corrected chi connectivity index (χ3v) is 3.46. The Balaban J connectivity index is 2.18. The monoisotopic (exact) mass is 302 g/mol. The van der Waals surface area contributed by atoms with Crippen LogP contribution in [0.15, 0.2) is 17.5 Å². The van der Waals surface area contributed by atoms with Gasteiger partial charge in [-0.05, 0) is 19.1 Å². The summed E-state index contributed by atoms with van der Waals surface area (Å²) >= 11 is 1.45. The Morgan fingerprint density at radius 1 is 1.20 bits per heavy atom. The molecule has 20 heavy (non-hydrogen) atoms. The molecule has 0 saturated carbocycles. The van der Waals surface area contributed by atoms with Gasteiger partial charge in [0.25, 0.3) is 0 Å². The topological polar surface area (TPSA) is 49.8 Å². The van der Waals surface area contributed by atoms with Crippen molar-refractivity contribution in [2.75, 3.05) is 17.7 Å². The van der Waals surface area contributed by atoms with E-state index in [2.05, 4.69) is 20.6 Å². The number of hydrogen-bond acceptors (Lipinski definition) is 5. The first-order valence-corrected chi connectivity index (χ1v) is 6.68. The molecule has 0 radical (unpaired) electrons. The quantitative estimate of drug-likeness (QED) is 0.907. The van der Waals surface area contributed by atoms with Crippen molar-refractivity contribution >= 4 is 23.0 Å². The minimum atomic E-state index is -4.40. The highest BCUT2D eigenvalue weighted by Gasteiger charge is 2.31. The normalized spacial score (nSPS) is 11.4. The Bertz CT molecular complexity index is 595. The van der Waals surface area contributed by atoms with Gasteiger partial charge < -0.3 is 10.6 Å². The Morgan fingerprint density at radius 2 is 1.90 bits per heavy atom. The zero-order valence-corrected chi connectivity index (χ0v) is 11.7. The van der Waals surface area contributed by atoms with E-state index in [1.807, 2.05) is 12.3 Å². The van der Waals surface area contributed by atoms with Crippen molar-refractivity contribution in [2.24, 2.45) is 0 Å². The average Bonchev–Trinajstić information content (AvgIpc) is 2.81. The van der Waals surface area contributed by atoms with Crippen LogP contribution in [0.2, 0.25) is 0 Å². The van der Waals surface area contributed by atoms with E-state index in [9.17, 15) is 13.2 Å². The van der Waals surface area contributed by atoms with Crippen LogP contribution in [-0.2, 0) is 12.7 Å². The van der Waals surface area contributed by atoms with E-state index in [0.717, 1.165) is 22.8 Å². The molecule has 2 aromatic heterocycles. The van der Waals surface area contributed by atoms with E-state index < -0.39 is 11.7 Å². The number of nitrogens with one attached hydrogen (secondary N) is 2. The highest BCUT2D eigenvalue weighted by atomic mass is 32.1. The molecule has 0 fully saturated rings. The summed E-state index contributed by atoms with van der Waals surface area (Å²) < 4.78 is 38.3. The second kappa shape index (κ2) is 5.66. The maximum atomic E-state index is 12.8. The number of alkyl halides is 3. The van der Waals surface area contributed by atoms with Gasteiger partial charge in [-0.15, -0.1) is 11.3 Å². The van der Waals surface area contributed by atoms with Crippen LogP contribution in [0.4, 0.5) is 24.8 Å². The zero-order valence-electron chi connectivity index (χ0n) is 10.9. The van der Waals surface area contributed by atoms with Crippen molar-refractivity contribution in [1.29, 1.82) is 0 Å². The van der Waals surface area contributed by atoms with Gasteiger partial charge in [-0.3, -0.25) is 0 Å². The number of anilines is 2. The van der Waals surface area contributed by atoms with Gasteiger partial charge in [-0.25, -0.2) is 9.97 Å². The van der Waals surface area contributed by atoms with Crippen molar-refractivity contribution in [2.45, 2.75) is 19.6 Å². The highest BCUT2D eigenvalue weighted by molar-refractivity contribution is 7.09. The minimum absolute atomic E-state index is 0.164. The molecule has 0 amide bonds. The van der Waals surface area contributed by atoms with Crippen LogP contribution >= 0.6 is 11.3 Å². The van der Waals surface area contributed by atoms with E-state index in [0.29, 0.717) is 6.54 Å². The maximum Gasteiger partial charge on any atom is 0.416 e. The average molecular weight is 302 g/mol. The predicted octanol–water partition coefficient (Wildman–Crippen LogP) is 3.52. The minimum Gasteiger partial charge on any atom is -0.373 e. The van der Waals surface area contributed by atoms with Crippen LogP contribution in [0.1, 0.15) is 16.3 Å². The summed E-state index contributed by atoms with van der Waals surface area (Å²) in [5.74, 6) is 0.328. The van der Waals surface area contributed by atoms with E-state index >= 15 is 0 Å². The molecule has 0 atom stereocenters. The van der Waals surface area contributed by atoms with E-state index in [1.54, 1.807) is 0 Å². The molecule has 0 saturated heterocycles. The lowest BCUT2D eigenvalue weighted by atomic mass is 10.2. The van der Waals surface area contributed by atoms with Crippen LogP contribution in [0.25, 0.3) is 0 Å². The van der Waals surface area contributed by atoms with Crippen LogP contribution < -0.4 is 10.6 Å². The number of rotatable bonds is 4. The van der Waals surface area contributed by atoms with Crippen LogP contribution in [0.5, 0.6) is 0 Å². The summed E-state index contributed by atoms with van der Waals surface area (Å²) in [6.45, 7) is 2.21. The molecule has 0 spiro atoms. The Labute approximate surface area is 118 Å². The number of pyridine rings is 1. The maximum absolute atomic E-state index is 12.8. The van der Waals surface area contributed by atoms with Gasteiger partial charge in [0.1, 0.15) is 16.6 Å². The number of hydrogen-bond donors (Lipinski definition) is 2. The Kier molecular flexibility index (Phi) is 4.12. The predicted molar refractivity (Wildman–Crippen MR) is 73.0 cm³/mol. The molecule has 0 aliphatic heterocycles. The summed E-state index contributed by atoms with van der Waals surface area (Å²) in [6.07, 6.45) is -4.40. The van der Waals surface area contributed by atoms with E-state index in [-0.39, 0.29) is 11.6 Å². The molecule has 2 heterocycles. The van der Waals surface area contributed by atoms with Crippen molar-refractivity contribution in [1.82, 2.24) is 9.97 Å². The molecule has 0 bridgehead atoms. The lowest BCUT2D eigenvalue weighted by molar-refractivity contribution is -0.137. The molecule has 0 unspecified atom stereocenters. The first kappa shape index (κ1) is 14.6. The standard InChI is InChI=1S/C12H13F3N4S/c1-7-6-20-11(18-7)5-17-10-4-8(12(13,14)15)3-9(16-2)19-10/h3-4,6H,5H2,1-2H3,(H2,16,17,19). The molecule has 2 N–H and O–H groups in total. The van der Waals surface area contributed by atoms with Crippen LogP contribution in [0.3, 0.4) is 0 Å². The van der Waals surface area contributed by atoms with Crippen molar-refractivity contribution in [3.8, 4) is 0 Å². The molecule has 0 aromatic carbocycles. The molecular formula is C12H13F3N4S. The molecule has 2 rings (SSSR count). The van der Waals surface area contributed by atoms with Gasteiger partial charge in [0, 0.05) is 18.1 Å². The second-order valence-corrected chi connectivity index (χ2v) is 5.05. The van der Waals surface area contributed by atoms with Crippen molar-refractivity contribution in [3.05, 3.63) is 33.8 Å². The third kappa shape index (κ3) is 3.60. The van der Waals surface area contributed by atoms with E-state index in [1.165, 1.54) is 18.4 Å². The fourth-order valence-corrected chi connectivity index (χ4v) is 2.27. The SMILES string of the molecule is CNc1cc(C(F)(F)F)cc(NCc2nc(C)cs2)n1. The summed E-state index contributed by atoms with van der Waals surface area (Å²) in [5.41, 5.74) is 0.148. The summed E-state index contributed by atoms with van der Waals surface area (Å²) in [4.78, 5) is 8.27. The summed E-state index contributed by atoms with van der Waals surface area (Å²) in [6, 6.07) is 1.96. The first-order chi connectivity index (χ1) is 9.38. The lowest BCUT2D eigenvalue weighted by Crippen LogP contribution is -2.09. The highest BCUT2D eigenvalue weighted by Crippen LogP contribution is 2.32. The number of nitrogens with zero attached hydrogens (tertiary/aromatic N) is 2. The lowest BCUT2D eigenvalue weighted by Gasteiger charge is -2.12. The summed E-state index contributed by atoms with van der Waals surface area (Å²) in [7, 11) is 1.52. The number of aryl methyl sites for hydroxylation is 1. The number of aromatic nitrogens is 2. The fraction of sp³-hybridized carbons (Fsp3) is 0.333. The van der Waals surface area contributed by atoms with Gasteiger partial charge in [0.05, 0.1) is 12.1 Å². The van der Waals surface area contributed by atoms with Gasteiger partial charge in [-0.1, -0.05) is 0 Å². The largest absolute Gasteiger partial charge is 0.416 e. The molecule has 4 nitrogen and oxygen atoms in total. The number of thiazole rings is 1. The first-order valence-electron chi connectivity index (χ1n) is 5.80. The molecular weight excluding hydrogens is 289 g/mol. The Hall–Kier alpha value is -1.83. The van der Waals surface area contributed by atoms with Gasteiger partial charge in [0.2, 0.25) is 0 Å².